The molecule has 0 aliphatic heterocycles. The molecule has 0 spiro atoms. The summed E-state index contributed by atoms with van der Waals surface area (Å²) in [6, 6.07) is 38.8. The number of aromatic hydroxyl groups is 8. The van der Waals surface area contributed by atoms with Gasteiger partial charge in [-0.05, 0) is 253 Å². The number of hydrogen-bond acceptors (Lipinski definition) is 14. The number of phenolic OH excluding ortho intramolecular Hbond substituents is 8. The Bertz CT molecular complexity index is 4320. The van der Waals surface area contributed by atoms with E-state index in [-0.39, 0.29) is 72.4 Å². The molecule has 0 aliphatic rings. The number of carboxylic acids is 3. The molecule has 0 heterocycles. The molecule has 0 aliphatic carbocycles. The molecule has 0 bridgehead atoms. The Kier molecular flexibility index (Phi) is 19.3. The molecule has 17 nitrogen and oxygen atoms in total. The number of carboxylic acid groups (broad SMARTS) is 3. The van der Waals surface area contributed by atoms with E-state index >= 15 is 0 Å². The maximum absolute atomic E-state index is 12.0. The van der Waals surface area contributed by atoms with Crippen molar-refractivity contribution < 1.29 is 84.8 Å². The molecule has 0 radical (unpaired) electrons. The second kappa shape index (κ2) is 27.5. The Morgan fingerprint density at radius 3 is 0.823 bits per heavy atom. The molecular weight excluding hydrogens is 1220 g/mol. The van der Waals surface area contributed by atoms with Crippen molar-refractivity contribution in [2.75, 3.05) is 0 Å². The standard InChI is InChI=1S/C79H74O17/c1-39-22-56(30-54-24-44(6)74(94-36-48-10-16-51(17-11-48)77(88)89)70(46(54)8)72(58-32-66(84)62(80)26-40(58)2)59-33-67(85)63(81)27-41(59)3)76(96-38-50-14-20-53(21-15-50)79(92)93)57(23-39)31-55-25-45(7)75(95-37-49-12-18-52(19-13-49)78(90)91)71(47(55)9)73(60-34-68(86)64(82)28-42(60)4)61-35-69(87)65(83)29-43(61)5/h10-29,32-35,72-73,80-87H,30-31,36-38H2,1-9H3,(H,88,89)(H,90,91)(H,92,93). The molecule has 0 saturated carbocycles. The first kappa shape index (κ1) is 67.3. The number of aryl methyl sites for hydroxylation is 7. The molecule has 10 rings (SSSR count). The van der Waals surface area contributed by atoms with Crippen LogP contribution in [-0.4, -0.2) is 74.1 Å². The SMILES string of the molecule is Cc1cc(Cc2cc(C)c(OCc3ccc(C(=O)O)cc3)c(C(c3cc(O)c(O)cc3C)c3cc(O)c(O)cc3C)c2C)c(OCc2ccc(C(=O)O)cc2)c(Cc2cc(C)c(OCc3ccc(C(=O)O)cc3)c(C(c3cc(O)c(O)cc3C)c3cc(O)c(O)cc3C)c2C)c1. The molecule has 0 amide bonds. The first-order valence-electron chi connectivity index (χ1n) is 30.9. The fraction of sp³-hybridized carbons (Fsp3) is 0.203. The van der Waals surface area contributed by atoms with Crippen molar-refractivity contribution in [1.29, 1.82) is 0 Å². The molecule has 96 heavy (non-hydrogen) atoms. The van der Waals surface area contributed by atoms with Crippen LogP contribution in [0.1, 0.15) is 165 Å². The minimum absolute atomic E-state index is 0.000557. The summed E-state index contributed by atoms with van der Waals surface area (Å²) in [6.45, 7) is 16.8. The van der Waals surface area contributed by atoms with Crippen molar-refractivity contribution in [3.05, 3.63) is 285 Å². The van der Waals surface area contributed by atoms with Crippen LogP contribution in [0.2, 0.25) is 0 Å². The fourth-order valence-electron chi connectivity index (χ4n) is 12.9. The minimum Gasteiger partial charge on any atom is -0.504 e. The quantitative estimate of drug-likeness (QED) is 0.0222. The summed E-state index contributed by atoms with van der Waals surface area (Å²) in [4.78, 5) is 35.8. The van der Waals surface area contributed by atoms with Gasteiger partial charge in [0.15, 0.2) is 46.0 Å². The topological polar surface area (TPSA) is 301 Å². The molecule has 11 N–H and O–H groups in total. The number of hydrogen-bond donors (Lipinski definition) is 11. The lowest BCUT2D eigenvalue weighted by Crippen LogP contribution is -2.15. The van der Waals surface area contributed by atoms with Gasteiger partial charge in [-0.1, -0.05) is 66.2 Å². The lowest BCUT2D eigenvalue weighted by Gasteiger charge is -2.30. The summed E-state index contributed by atoms with van der Waals surface area (Å²) in [5, 5.41) is 118. The van der Waals surface area contributed by atoms with E-state index in [4.69, 9.17) is 14.2 Å². The number of benzene rings is 10. The molecular formula is C79H74O17. The molecule has 0 fully saturated rings. The van der Waals surface area contributed by atoms with Gasteiger partial charge in [0.25, 0.3) is 0 Å². The lowest BCUT2D eigenvalue weighted by molar-refractivity contribution is 0.0686. The molecule has 10 aromatic rings. The normalized spacial score (nSPS) is 11.3. The highest BCUT2D eigenvalue weighted by atomic mass is 16.5. The molecule has 0 aromatic heterocycles. The molecule has 492 valence electrons. The summed E-state index contributed by atoms with van der Waals surface area (Å²) in [5.74, 6) is -6.58. The highest BCUT2D eigenvalue weighted by molar-refractivity contribution is 5.88. The fourth-order valence-corrected chi connectivity index (χ4v) is 12.9. The van der Waals surface area contributed by atoms with Crippen LogP contribution in [0.4, 0.5) is 0 Å². The van der Waals surface area contributed by atoms with Gasteiger partial charge >= 0.3 is 17.9 Å². The van der Waals surface area contributed by atoms with E-state index in [9.17, 15) is 70.6 Å². The summed E-state index contributed by atoms with van der Waals surface area (Å²) in [6.07, 6.45) is 0.452. The van der Waals surface area contributed by atoms with Gasteiger partial charge in [-0.3, -0.25) is 0 Å². The Balaban J connectivity index is 1.19. The van der Waals surface area contributed by atoms with Crippen LogP contribution in [-0.2, 0) is 32.7 Å². The van der Waals surface area contributed by atoms with E-state index in [0.29, 0.717) is 101 Å². The Labute approximate surface area is 554 Å². The number of aromatic carboxylic acids is 3. The first-order chi connectivity index (χ1) is 45.6. The number of ether oxygens (including phenoxy) is 3. The van der Waals surface area contributed by atoms with Gasteiger partial charge in [0.2, 0.25) is 0 Å². The summed E-state index contributed by atoms with van der Waals surface area (Å²) in [5.41, 5.74) is 14.7. The maximum Gasteiger partial charge on any atom is 0.335 e. The zero-order valence-corrected chi connectivity index (χ0v) is 54.4. The third-order valence-electron chi connectivity index (χ3n) is 17.9. The zero-order valence-electron chi connectivity index (χ0n) is 54.4. The van der Waals surface area contributed by atoms with E-state index < -0.39 is 52.7 Å². The summed E-state index contributed by atoms with van der Waals surface area (Å²) < 4.78 is 20.8. The average Bonchev–Trinajstić information content (AvgIpc) is 0.754. The highest BCUT2D eigenvalue weighted by Gasteiger charge is 2.33. The van der Waals surface area contributed by atoms with E-state index in [0.717, 1.165) is 38.9 Å². The molecule has 17 heteroatoms. The van der Waals surface area contributed by atoms with Crippen molar-refractivity contribution >= 4 is 17.9 Å². The van der Waals surface area contributed by atoms with E-state index in [1.807, 2.05) is 58.9 Å². The molecule has 0 saturated heterocycles. The smallest absolute Gasteiger partial charge is 0.335 e. The molecule has 10 aromatic carbocycles. The predicted octanol–water partition coefficient (Wildman–Crippen LogP) is 15.5. The number of carbonyl (C=O) groups is 3. The second-order valence-electron chi connectivity index (χ2n) is 24.7. The van der Waals surface area contributed by atoms with Crippen LogP contribution in [0.25, 0.3) is 0 Å². The van der Waals surface area contributed by atoms with Crippen molar-refractivity contribution in [3.63, 3.8) is 0 Å². The predicted molar refractivity (Wildman–Crippen MR) is 362 cm³/mol. The third-order valence-corrected chi connectivity index (χ3v) is 17.9. The monoisotopic (exact) mass is 1290 g/mol. The zero-order chi connectivity index (χ0) is 69.3. The van der Waals surface area contributed by atoms with E-state index in [2.05, 4.69) is 0 Å². The Hall–Kier alpha value is -11.6. The minimum atomic E-state index is -1.09. The van der Waals surface area contributed by atoms with Crippen LogP contribution in [0, 0.1) is 62.3 Å². The van der Waals surface area contributed by atoms with Gasteiger partial charge in [0.1, 0.15) is 37.1 Å². The van der Waals surface area contributed by atoms with Crippen molar-refractivity contribution in [2.45, 2.75) is 107 Å². The highest BCUT2D eigenvalue weighted by Crippen LogP contribution is 2.51. The van der Waals surface area contributed by atoms with Crippen molar-refractivity contribution in [3.8, 4) is 63.2 Å². The van der Waals surface area contributed by atoms with Gasteiger partial charge in [-0.2, -0.15) is 0 Å². The Morgan fingerprint density at radius 2 is 0.562 bits per heavy atom. The van der Waals surface area contributed by atoms with Crippen molar-refractivity contribution in [2.24, 2.45) is 0 Å². The molecule has 0 atom stereocenters. The van der Waals surface area contributed by atoms with Gasteiger partial charge in [0.05, 0.1) is 16.7 Å². The summed E-state index contributed by atoms with van der Waals surface area (Å²) in [7, 11) is 0. The van der Waals surface area contributed by atoms with Crippen LogP contribution in [0.15, 0.2) is 146 Å². The third kappa shape index (κ3) is 14.0. The van der Waals surface area contributed by atoms with Crippen molar-refractivity contribution in [1.82, 2.24) is 0 Å². The van der Waals surface area contributed by atoms with Crippen LogP contribution >= 0.6 is 0 Å². The second-order valence-corrected chi connectivity index (χ2v) is 24.7. The lowest BCUT2D eigenvalue weighted by atomic mass is 9.76. The van der Waals surface area contributed by atoms with Crippen LogP contribution < -0.4 is 14.2 Å². The van der Waals surface area contributed by atoms with Gasteiger partial charge in [-0.25, -0.2) is 14.4 Å². The first-order valence-corrected chi connectivity index (χ1v) is 30.9. The number of rotatable bonds is 22. The van der Waals surface area contributed by atoms with E-state index in [1.54, 1.807) is 64.1 Å². The average molecular weight is 1300 g/mol. The van der Waals surface area contributed by atoms with Crippen LogP contribution in [0.5, 0.6) is 63.2 Å². The number of phenols is 8. The maximum atomic E-state index is 12.0. The van der Waals surface area contributed by atoms with Gasteiger partial charge in [-0.15, -0.1) is 0 Å². The van der Waals surface area contributed by atoms with Crippen LogP contribution in [0.3, 0.4) is 0 Å². The molecule has 0 unspecified atom stereocenters. The Morgan fingerprint density at radius 1 is 0.312 bits per heavy atom. The summed E-state index contributed by atoms with van der Waals surface area (Å²) >= 11 is 0. The van der Waals surface area contributed by atoms with Gasteiger partial charge in [0, 0.05) is 35.8 Å². The largest absolute Gasteiger partial charge is 0.504 e. The van der Waals surface area contributed by atoms with E-state index in [1.165, 1.54) is 84.9 Å². The van der Waals surface area contributed by atoms with Gasteiger partial charge < -0.3 is 70.4 Å².